The molecule has 1 aliphatic heterocycles. The van der Waals surface area contributed by atoms with Crippen molar-refractivity contribution in [3.63, 3.8) is 0 Å². The van der Waals surface area contributed by atoms with Crippen LogP contribution in [0.5, 0.6) is 0 Å². The van der Waals surface area contributed by atoms with Crippen LogP contribution < -0.4 is 0 Å². The van der Waals surface area contributed by atoms with E-state index in [1.807, 2.05) is 0 Å². The summed E-state index contributed by atoms with van der Waals surface area (Å²) in [4.78, 5) is 2.41. The minimum atomic E-state index is -0.225. The molecule has 1 N–H and O–H groups in total. The molecular formula is C19H35NO2. The van der Waals surface area contributed by atoms with Gasteiger partial charge in [0.15, 0.2) is 0 Å². The Kier molecular flexibility index (Phi) is 4.87. The van der Waals surface area contributed by atoms with Crippen molar-refractivity contribution in [2.75, 3.05) is 26.2 Å². The maximum atomic E-state index is 10.3. The molecule has 0 spiro atoms. The van der Waals surface area contributed by atoms with Gasteiger partial charge in [-0.05, 0) is 68.4 Å². The molecular weight excluding hydrogens is 274 g/mol. The summed E-state index contributed by atoms with van der Waals surface area (Å²) in [6.45, 7) is 11.2. The number of ether oxygens (including phenoxy) is 1. The fourth-order valence-electron chi connectivity index (χ4n) is 5.26. The third-order valence-corrected chi connectivity index (χ3v) is 7.40. The zero-order valence-corrected chi connectivity index (χ0v) is 14.8. The van der Waals surface area contributed by atoms with E-state index in [0.29, 0.717) is 16.9 Å². The standard InChI is InChI=1S/C19H35NO2/c1-18(2)15-7-9-19(18,3)17(13-15)22-12-8-16(21)14-20-10-5-4-6-11-20/h15-17,21H,4-14H2,1-3H3/t15-,16-,17+,19-/m0/s1. The predicted octanol–water partition coefficient (Wildman–Crippen LogP) is 3.45. The van der Waals surface area contributed by atoms with Crippen molar-refractivity contribution in [2.24, 2.45) is 16.7 Å². The Bertz CT molecular complexity index is 378. The van der Waals surface area contributed by atoms with E-state index in [0.717, 1.165) is 38.6 Å². The minimum Gasteiger partial charge on any atom is -0.392 e. The van der Waals surface area contributed by atoms with Gasteiger partial charge in [0.25, 0.3) is 0 Å². The topological polar surface area (TPSA) is 32.7 Å². The number of likely N-dealkylation sites (tertiary alicyclic amines) is 1. The number of piperidine rings is 1. The lowest BCUT2D eigenvalue weighted by Gasteiger charge is -2.39. The van der Waals surface area contributed by atoms with E-state index in [4.69, 9.17) is 4.74 Å². The zero-order valence-electron chi connectivity index (χ0n) is 14.8. The Labute approximate surface area is 136 Å². The van der Waals surface area contributed by atoms with E-state index in [1.54, 1.807) is 0 Å². The molecule has 3 rings (SSSR count). The number of nitrogens with zero attached hydrogens (tertiary/aromatic N) is 1. The van der Waals surface area contributed by atoms with Gasteiger partial charge in [-0.2, -0.15) is 0 Å². The third kappa shape index (κ3) is 2.97. The van der Waals surface area contributed by atoms with Crippen LogP contribution in [-0.2, 0) is 4.74 Å². The van der Waals surface area contributed by atoms with Crippen LogP contribution in [0.15, 0.2) is 0 Å². The Balaban J connectivity index is 1.40. The zero-order chi connectivity index (χ0) is 15.8. The number of hydrogen-bond donors (Lipinski definition) is 1. The highest BCUT2D eigenvalue weighted by Crippen LogP contribution is 2.66. The summed E-state index contributed by atoms with van der Waals surface area (Å²) in [5, 5.41) is 10.3. The Morgan fingerprint density at radius 3 is 2.50 bits per heavy atom. The predicted molar refractivity (Wildman–Crippen MR) is 89.9 cm³/mol. The highest BCUT2D eigenvalue weighted by Gasteiger charge is 2.61. The van der Waals surface area contributed by atoms with E-state index in [9.17, 15) is 5.11 Å². The maximum absolute atomic E-state index is 10.3. The molecule has 0 aromatic carbocycles. The molecule has 2 aliphatic carbocycles. The molecule has 3 aliphatic rings. The lowest BCUT2D eigenvalue weighted by molar-refractivity contribution is -0.0566. The molecule has 22 heavy (non-hydrogen) atoms. The molecule has 4 atom stereocenters. The smallest absolute Gasteiger partial charge is 0.0689 e. The summed E-state index contributed by atoms with van der Waals surface area (Å²) in [5.41, 5.74) is 0.763. The van der Waals surface area contributed by atoms with E-state index in [2.05, 4.69) is 25.7 Å². The third-order valence-electron chi connectivity index (χ3n) is 7.40. The monoisotopic (exact) mass is 309 g/mol. The van der Waals surface area contributed by atoms with E-state index < -0.39 is 0 Å². The van der Waals surface area contributed by atoms with Crippen molar-refractivity contribution in [3.05, 3.63) is 0 Å². The summed E-state index contributed by atoms with van der Waals surface area (Å²) in [7, 11) is 0. The van der Waals surface area contributed by atoms with Crippen molar-refractivity contribution in [2.45, 2.75) is 77.9 Å². The van der Waals surface area contributed by atoms with Crippen LogP contribution >= 0.6 is 0 Å². The van der Waals surface area contributed by atoms with Gasteiger partial charge in [-0.25, -0.2) is 0 Å². The van der Waals surface area contributed by atoms with Crippen LogP contribution in [-0.4, -0.2) is 48.5 Å². The molecule has 0 unspecified atom stereocenters. The molecule has 0 radical (unpaired) electrons. The average Bonchev–Trinajstić information content (AvgIpc) is 2.81. The van der Waals surface area contributed by atoms with Gasteiger partial charge in [0.2, 0.25) is 0 Å². The fraction of sp³-hybridized carbons (Fsp3) is 1.00. The van der Waals surface area contributed by atoms with E-state index >= 15 is 0 Å². The van der Waals surface area contributed by atoms with Gasteiger partial charge in [0.1, 0.15) is 0 Å². The first-order chi connectivity index (χ1) is 10.4. The van der Waals surface area contributed by atoms with Gasteiger partial charge in [-0.1, -0.05) is 27.2 Å². The van der Waals surface area contributed by atoms with Gasteiger partial charge in [0.05, 0.1) is 12.2 Å². The minimum absolute atomic E-state index is 0.225. The van der Waals surface area contributed by atoms with Crippen LogP contribution in [0, 0.1) is 16.7 Å². The molecule has 0 aromatic heterocycles. The second kappa shape index (κ2) is 6.41. The van der Waals surface area contributed by atoms with Crippen LogP contribution in [0.25, 0.3) is 0 Å². The molecule has 0 aromatic rings. The van der Waals surface area contributed by atoms with Crippen LogP contribution in [0.2, 0.25) is 0 Å². The lowest BCUT2D eigenvalue weighted by atomic mass is 9.70. The molecule has 3 fully saturated rings. The summed E-state index contributed by atoms with van der Waals surface area (Å²) in [6, 6.07) is 0. The number of aliphatic hydroxyl groups excluding tert-OH is 1. The fourth-order valence-corrected chi connectivity index (χ4v) is 5.26. The number of aliphatic hydroxyl groups is 1. The number of β-amino-alcohol motifs (C(OH)–C–C–N with tert-alkyl or cyclic N) is 1. The molecule has 2 bridgehead atoms. The number of hydrogen-bond acceptors (Lipinski definition) is 3. The van der Waals surface area contributed by atoms with E-state index in [-0.39, 0.29) is 6.10 Å². The van der Waals surface area contributed by atoms with Gasteiger partial charge < -0.3 is 14.7 Å². The Morgan fingerprint density at radius 2 is 1.91 bits per heavy atom. The number of fused-ring (bicyclic) bond motifs is 2. The normalized spacial score (nSPS) is 39.3. The Morgan fingerprint density at radius 1 is 1.18 bits per heavy atom. The van der Waals surface area contributed by atoms with E-state index in [1.165, 1.54) is 38.5 Å². The first-order valence-corrected chi connectivity index (χ1v) is 9.45. The number of rotatable bonds is 6. The quantitative estimate of drug-likeness (QED) is 0.815. The van der Waals surface area contributed by atoms with Crippen molar-refractivity contribution < 1.29 is 9.84 Å². The molecule has 3 heteroatoms. The SMILES string of the molecule is CC1(C)[C@H]2CC[C@@]1(C)[C@H](OCC[C@H](O)CN1CCCCC1)C2. The van der Waals surface area contributed by atoms with Crippen LogP contribution in [0.4, 0.5) is 0 Å². The van der Waals surface area contributed by atoms with Gasteiger partial charge in [-0.3, -0.25) is 0 Å². The average molecular weight is 309 g/mol. The van der Waals surface area contributed by atoms with Crippen LogP contribution in [0.3, 0.4) is 0 Å². The second-order valence-corrected chi connectivity index (χ2v) is 8.77. The van der Waals surface area contributed by atoms with Gasteiger partial charge in [0, 0.05) is 13.2 Å². The first kappa shape index (κ1) is 16.7. The van der Waals surface area contributed by atoms with Gasteiger partial charge in [-0.15, -0.1) is 0 Å². The summed E-state index contributed by atoms with van der Waals surface area (Å²) in [6.07, 6.45) is 8.82. The highest BCUT2D eigenvalue weighted by molar-refractivity contribution is 5.11. The summed E-state index contributed by atoms with van der Waals surface area (Å²) in [5.74, 6) is 0.834. The van der Waals surface area contributed by atoms with Crippen molar-refractivity contribution in [3.8, 4) is 0 Å². The molecule has 1 heterocycles. The van der Waals surface area contributed by atoms with Gasteiger partial charge >= 0.3 is 0 Å². The lowest BCUT2D eigenvalue weighted by Crippen LogP contribution is -2.39. The Hall–Kier alpha value is -0.120. The van der Waals surface area contributed by atoms with Crippen molar-refractivity contribution in [1.82, 2.24) is 4.90 Å². The summed E-state index contributed by atoms with van der Waals surface area (Å²) < 4.78 is 6.26. The molecule has 0 amide bonds. The molecule has 128 valence electrons. The molecule has 2 saturated carbocycles. The van der Waals surface area contributed by atoms with Crippen molar-refractivity contribution in [1.29, 1.82) is 0 Å². The molecule has 3 nitrogen and oxygen atoms in total. The largest absolute Gasteiger partial charge is 0.392 e. The van der Waals surface area contributed by atoms with Crippen molar-refractivity contribution >= 4 is 0 Å². The maximum Gasteiger partial charge on any atom is 0.0689 e. The molecule has 1 saturated heterocycles. The first-order valence-electron chi connectivity index (χ1n) is 9.45. The second-order valence-electron chi connectivity index (χ2n) is 8.77. The summed E-state index contributed by atoms with van der Waals surface area (Å²) >= 11 is 0. The van der Waals surface area contributed by atoms with Crippen LogP contribution in [0.1, 0.15) is 65.7 Å². The highest BCUT2D eigenvalue weighted by atomic mass is 16.5.